The van der Waals surface area contributed by atoms with E-state index in [4.69, 9.17) is 4.74 Å². The van der Waals surface area contributed by atoms with Gasteiger partial charge in [-0.25, -0.2) is 12.7 Å². The van der Waals surface area contributed by atoms with Gasteiger partial charge >= 0.3 is 0 Å². The number of benzene rings is 1. The summed E-state index contributed by atoms with van der Waals surface area (Å²) in [5, 5.41) is 6.54. The number of rotatable bonds is 11. The third-order valence-corrected chi connectivity index (χ3v) is 5.56. The zero-order valence-corrected chi connectivity index (χ0v) is 18.0. The van der Waals surface area contributed by atoms with E-state index in [0.717, 1.165) is 36.8 Å². The lowest BCUT2D eigenvalue weighted by Gasteiger charge is -2.17. The summed E-state index contributed by atoms with van der Waals surface area (Å²) in [4.78, 5) is 4.53. The van der Waals surface area contributed by atoms with Crippen molar-refractivity contribution >= 4 is 16.0 Å². The lowest BCUT2D eigenvalue weighted by atomic mass is 10.1. The molecule has 0 fully saturated rings. The van der Waals surface area contributed by atoms with Crippen molar-refractivity contribution in [2.75, 3.05) is 46.1 Å². The van der Waals surface area contributed by atoms with Crippen molar-refractivity contribution in [3.63, 3.8) is 0 Å². The minimum atomic E-state index is -3.14. The summed E-state index contributed by atoms with van der Waals surface area (Å²) >= 11 is 0. The van der Waals surface area contributed by atoms with E-state index in [1.54, 1.807) is 7.11 Å². The number of aryl methyl sites for hydroxylation is 1. The second-order valence-corrected chi connectivity index (χ2v) is 8.33. The maximum Gasteiger partial charge on any atom is 0.211 e. The number of hydrogen-bond acceptors (Lipinski definition) is 4. The summed E-state index contributed by atoms with van der Waals surface area (Å²) in [5.74, 6) is 1.65. The fourth-order valence-electron chi connectivity index (χ4n) is 2.68. The van der Waals surface area contributed by atoms with Crippen molar-refractivity contribution in [3.05, 3.63) is 29.3 Å². The minimum Gasteiger partial charge on any atom is -0.496 e. The van der Waals surface area contributed by atoms with Gasteiger partial charge in [-0.2, -0.15) is 0 Å². The fourth-order valence-corrected chi connectivity index (χ4v) is 3.61. The van der Waals surface area contributed by atoms with Crippen molar-refractivity contribution in [2.24, 2.45) is 4.99 Å². The van der Waals surface area contributed by atoms with E-state index in [1.807, 2.05) is 20.8 Å². The fraction of sp³-hybridized carbons (Fsp3) is 0.632. The molecule has 0 aliphatic carbocycles. The lowest BCUT2D eigenvalue weighted by Crippen LogP contribution is -2.38. The van der Waals surface area contributed by atoms with E-state index in [0.29, 0.717) is 26.1 Å². The van der Waals surface area contributed by atoms with Crippen LogP contribution in [0.5, 0.6) is 5.75 Å². The topological polar surface area (TPSA) is 83.0 Å². The van der Waals surface area contributed by atoms with Gasteiger partial charge in [0.05, 0.1) is 13.4 Å². The Bertz CT molecular complexity index is 705. The smallest absolute Gasteiger partial charge is 0.211 e. The number of nitrogens with one attached hydrogen (secondary N) is 2. The number of guanidine groups is 1. The van der Waals surface area contributed by atoms with E-state index < -0.39 is 10.0 Å². The monoisotopic (exact) mass is 398 g/mol. The molecule has 1 aromatic rings. The molecule has 2 N–H and O–H groups in total. The van der Waals surface area contributed by atoms with Crippen LogP contribution < -0.4 is 15.4 Å². The van der Waals surface area contributed by atoms with E-state index in [-0.39, 0.29) is 0 Å². The third kappa shape index (κ3) is 8.62. The largest absolute Gasteiger partial charge is 0.496 e. The molecule has 8 heteroatoms. The molecule has 0 heterocycles. The summed E-state index contributed by atoms with van der Waals surface area (Å²) < 4.78 is 30.0. The average molecular weight is 399 g/mol. The first-order valence-corrected chi connectivity index (χ1v) is 11.3. The first kappa shape index (κ1) is 23.2. The van der Waals surface area contributed by atoms with Crippen LogP contribution in [0.2, 0.25) is 0 Å². The van der Waals surface area contributed by atoms with Gasteiger partial charge in [-0.15, -0.1) is 0 Å². The SMILES string of the molecule is CCNC(=NCCCN(CC)S(C)(=O)=O)NCCc1ccc(C)c(OC)c1. The predicted octanol–water partition coefficient (Wildman–Crippen LogP) is 1.77. The molecule has 154 valence electrons. The molecule has 0 radical (unpaired) electrons. The number of sulfonamides is 1. The zero-order valence-electron chi connectivity index (χ0n) is 17.2. The number of nitrogens with zero attached hydrogens (tertiary/aromatic N) is 2. The van der Waals surface area contributed by atoms with E-state index in [1.165, 1.54) is 16.1 Å². The van der Waals surface area contributed by atoms with Gasteiger partial charge < -0.3 is 15.4 Å². The Labute approximate surface area is 164 Å². The van der Waals surface area contributed by atoms with Crippen LogP contribution >= 0.6 is 0 Å². The van der Waals surface area contributed by atoms with Crippen LogP contribution in [0.1, 0.15) is 31.4 Å². The molecular formula is C19H34N4O3S. The van der Waals surface area contributed by atoms with Crippen LogP contribution in [-0.4, -0.2) is 64.8 Å². The van der Waals surface area contributed by atoms with Crippen molar-refractivity contribution in [1.82, 2.24) is 14.9 Å². The zero-order chi connectivity index (χ0) is 20.3. The van der Waals surface area contributed by atoms with Gasteiger partial charge in [0.1, 0.15) is 5.75 Å². The molecule has 0 bridgehead atoms. The molecule has 0 saturated heterocycles. The quantitative estimate of drug-likeness (QED) is 0.337. The second-order valence-electron chi connectivity index (χ2n) is 6.35. The molecule has 0 spiro atoms. The van der Waals surface area contributed by atoms with Crippen molar-refractivity contribution in [1.29, 1.82) is 0 Å². The molecule has 0 unspecified atom stereocenters. The van der Waals surface area contributed by atoms with Gasteiger partial charge in [-0.3, -0.25) is 4.99 Å². The van der Waals surface area contributed by atoms with Gasteiger partial charge in [0.2, 0.25) is 10.0 Å². The Morgan fingerprint density at radius 2 is 2.00 bits per heavy atom. The first-order chi connectivity index (χ1) is 12.8. The molecule has 1 aromatic carbocycles. The Hall–Kier alpha value is -1.80. The van der Waals surface area contributed by atoms with Crippen LogP contribution in [0.25, 0.3) is 0 Å². The maximum absolute atomic E-state index is 11.6. The highest BCUT2D eigenvalue weighted by atomic mass is 32.2. The highest BCUT2D eigenvalue weighted by Crippen LogP contribution is 2.18. The number of ether oxygens (including phenoxy) is 1. The van der Waals surface area contributed by atoms with Gasteiger partial charge in [-0.1, -0.05) is 19.1 Å². The molecule has 0 aromatic heterocycles. The molecule has 0 aliphatic rings. The van der Waals surface area contributed by atoms with Crippen molar-refractivity contribution < 1.29 is 13.2 Å². The van der Waals surface area contributed by atoms with Gasteiger partial charge in [-0.05, 0) is 43.9 Å². The summed E-state index contributed by atoms with van der Waals surface area (Å²) in [6.45, 7) is 8.96. The van der Waals surface area contributed by atoms with Crippen LogP contribution in [0.3, 0.4) is 0 Å². The second kappa shape index (κ2) is 11.8. The molecular weight excluding hydrogens is 364 g/mol. The first-order valence-electron chi connectivity index (χ1n) is 9.42. The average Bonchev–Trinajstić information content (AvgIpc) is 2.61. The van der Waals surface area contributed by atoms with Crippen LogP contribution in [0.4, 0.5) is 0 Å². The summed E-state index contributed by atoms with van der Waals surface area (Å²) in [6.07, 6.45) is 2.79. The van der Waals surface area contributed by atoms with Crippen LogP contribution in [0.15, 0.2) is 23.2 Å². The van der Waals surface area contributed by atoms with E-state index in [2.05, 4.69) is 33.8 Å². The lowest BCUT2D eigenvalue weighted by molar-refractivity contribution is 0.411. The number of aliphatic imine (C=N–C) groups is 1. The van der Waals surface area contributed by atoms with Gasteiger partial charge in [0.25, 0.3) is 0 Å². The molecule has 7 nitrogen and oxygen atoms in total. The van der Waals surface area contributed by atoms with Crippen LogP contribution in [0, 0.1) is 6.92 Å². The van der Waals surface area contributed by atoms with E-state index in [9.17, 15) is 8.42 Å². The molecule has 1 rings (SSSR count). The van der Waals surface area contributed by atoms with E-state index >= 15 is 0 Å². The highest BCUT2D eigenvalue weighted by molar-refractivity contribution is 7.88. The number of hydrogen-bond donors (Lipinski definition) is 2. The normalized spacial score (nSPS) is 12.3. The third-order valence-electron chi connectivity index (χ3n) is 4.18. The summed E-state index contributed by atoms with van der Waals surface area (Å²) in [5.41, 5.74) is 2.33. The summed E-state index contributed by atoms with van der Waals surface area (Å²) in [6, 6.07) is 6.23. The number of methoxy groups -OCH3 is 1. The highest BCUT2D eigenvalue weighted by Gasteiger charge is 2.13. The Balaban J connectivity index is 2.49. The molecule has 27 heavy (non-hydrogen) atoms. The van der Waals surface area contributed by atoms with Gasteiger partial charge in [0.15, 0.2) is 5.96 Å². The predicted molar refractivity (Wildman–Crippen MR) is 112 cm³/mol. The van der Waals surface area contributed by atoms with Crippen LogP contribution in [-0.2, 0) is 16.4 Å². The van der Waals surface area contributed by atoms with Gasteiger partial charge in [0, 0.05) is 32.7 Å². The summed E-state index contributed by atoms with van der Waals surface area (Å²) in [7, 11) is -1.45. The standard InChI is InChI=1S/C19H34N4O3S/c1-6-20-19(21-12-8-14-23(7-2)27(5,24)25)22-13-11-17-10-9-16(3)18(15-17)26-4/h9-10,15H,6-8,11-14H2,1-5H3,(H2,20,21,22). The molecule has 0 amide bonds. The molecule has 0 saturated carbocycles. The molecule has 0 atom stereocenters. The Morgan fingerprint density at radius 3 is 2.59 bits per heavy atom. The maximum atomic E-state index is 11.6. The van der Waals surface area contributed by atoms with Crippen molar-refractivity contribution in [3.8, 4) is 5.75 Å². The molecule has 0 aliphatic heterocycles. The minimum absolute atomic E-state index is 0.487. The Kier molecular flexibility index (Phi) is 10.2. The Morgan fingerprint density at radius 1 is 1.26 bits per heavy atom. The van der Waals surface area contributed by atoms with Crippen molar-refractivity contribution in [2.45, 2.75) is 33.6 Å².